The van der Waals surface area contributed by atoms with Crippen LogP contribution in [-0.2, 0) is 14.8 Å². The van der Waals surface area contributed by atoms with Gasteiger partial charge in [0.05, 0.1) is 12.2 Å². The van der Waals surface area contributed by atoms with E-state index in [4.69, 9.17) is 5.11 Å². The molecule has 7 heteroatoms. The van der Waals surface area contributed by atoms with E-state index in [1.807, 2.05) is 0 Å². The first kappa shape index (κ1) is 15.7. The molecule has 0 aromatic rings. The number of carboxylic acids is 1. The van der Waals surface area contributed by atoms with E-state index in [1.54, 1.807) is 4.31 Å². The molecule has 2 fully saturated rings. The highest BCUT2D eigenvalue weighted by Crippen LogP contribution is 2.23. The molecule has 116 valence electrons. The molecule has 1 unspecified atom stereocenters. The normalized spacial score (nSPS) is 27.6. The van der Waals surface area contributed by atoms with Crippen LogP contribution in [0, 0.1) is 11.8 Å². The molecular formula is C13H24N2O4S. The molecule has 0 amide bonds. The molecule has 0 aromatic heterocycles. The second-order valence-electron chi connectivity index (χ2n) is 6.04. The molecule has 1 N–H and O–H groups in total. The molecule has 20 heavy (non-hydrogen) atoms. The number of carbonyl (C=O) groups is 1. The average Bonchev–Trinajstić information content (AvgIpc) is 2.38. The van der Waals surface area contributed by atoms with Crippen molar-refractivity contribution in [1.82, 2.24) is 9.21 Å². The van der Waals surface area contributed by atoms with E-state index in [0.29, 0.717) is 31.8 Å². The van der Waals surface area contributed by atoms with Crippen molar-refractivity contribution in [2.75, 3.05) is 39.0 Å². The van der Waals surface area contributed by atoms with Crippen molar-refractivity contribution in [3.63, 3.8) is 0 Å². The number of rotatable bonds is 4. The van der Waals surface area contributed by atoms with E-state index >= 15 is 0 Å². The lowest BCUT2D eigenvalue weighted by atomic mass is 9.94. The van der Waals surface area contributed by atoms with Crippen LogP contribution in [0.5, 0.6) is 0 Å². The first-order chi connectivity index (χ1) is 9.36. The molecular weight excluding hydrogens is 280 g/mol. The smallest absolute Gasteiger partial charge is 0.306 e. The summed E-state index contributed by atoms with van der Waals surface area (Å²) in [6.07, 6.45) is 4.66. The van der Waals surface area contributed by atoms with Crippen LogP contribution in [0.1, 0.15) is 25.7 Å². The van der Waals surface area contributed by atoms with E-state index in [-0.39, 0.29) is 5.92 Å². The van der Waals surface area contributed by atoms with E-state index in [1.165, 1.54) is 6.26 Å². The highest BCUT2D eigenvalue weighted by atomic mass is 32.2. The van der Waals surface area contributed by atoms with Gasteiger partial charge in [-0.15, -0.1) is 0 Å². The Morgan fingerprint density at radius 2 is 1.85 bits per heavy atom. The van der Waals surface area contributed by atoms with Gasteiger partial charge in [0.2, 0.25) is 10.0 Å². The van der Waals surface area contributed by atoms with Gasteiger partial charge in [-0.1, -0.05) is 0 Å². The predicted molar refractivity (Wildman–Crippen MR) is 75.9 cm³/mol. The van der Waals surface area contributed by atoms with Gasteiger partial charge >= 0.3 is 5.97 Å². The van der Waals surface area contributed by atoms with Crippen molar-refractivity contribution >= 4 is 16.0 Å². The molecule has 2 heterocycles. The second kappa shape index (κ2) is 6.41. The highest BCUT2D eigenvalue weighted by molar-refractivity contribution is 7.88. The summed E-state index contributed by atoms with van der Waals surface area (Å²) in [7, 11) is -3.08. The number of piperidine rings is 2. The summed E-state index contributed by atoms with van der Waals surface area (Å²) in [6.45, 7) is 3.76. The van der Waals surface area contributed by atoms with Gasteiger partial charge in [0.15, 0.2) is 0 Å². The maximum Gasteiger partial charge on any atom is 0.306 e. The molecule has 0 radical (unpaired) electrons. The SMILES string of the molecule is CS(=O)(=O)N1CCCC(CN2CCC(C(=O)O)CC2)C1. The van der Waals surface area contributed by atoms with E-state index in [9.17, 15) is 13.2 Å². The molecule has 0 aromatic carbocycles. The van der Waals surface area contributed by atoms with Crippen LogP contribution in [0.25, 0.3) is 0 Å². The van der Waals surface area contributed by atoms with Gasteiger partial charge < -0.3 is 10.0 Å². The summed E-state index contributed by atoms with van der Waals surface area (Å²) in [5, 5.41) is 8.98. The molecule has 1 atom stereocenters. The van der Waals surface area contributed by atoms with Crippen molar-refractivity contribution < 1.29 is 18.3 Å². The summed E-state index contributed by atoms with van der Waals surface area (Å²) < 4.78 is 24.8. The van der Waals surface area contributed by atoms with Crippen molar-refractivity contribution in [3.05, 3.63) is 0 Å². The zero-order valence-corrected chi connectivity index (χ0v) is 12.8. The summed E-state index contributed by atoms with van der Waals surface area (Å²) in [4.78, 5) is 13.2. The number of hydrogen-bond acceptors (Lipinski definition) is 4. The molecule has 2 saturated heterocycles. The largest absolute Gasteiger partial charge is 0.481 e. The molecule has 0 spiro atoms. The van der Waals surface area contributed by atoms with Gasteiger partial charge in [-0.2, -0.15) is 0 Å². The Hall–Kier alpha value is -0.660. The predicted octanol–water partition coefficient (Wildman–Crippen LogP) is 0.455. The third-order valence-electron chi connectivity index (χ3n) is 4.40. The number of nitrogens with zero attached hydrogens (tertiary/aromatic N) is 2. The Bertz CT molecular complexity index is 443. The lowest BCUT2D eigenvalue weighted by molar-refractivity contribution is -0.143. The van der Waals surface area contributed by atoms with Crippen molar-refractivity contribution in [2.24, 2.45) is 11.8 Å². The number of carboxylic acid groups (broad SMARTS) is 1. The third kappa shape index (κ3) is 4.17. The average molecular weight is 304 g/mol. The summed E-state index contributed by atoms with van der Waals surface area (Å²) >= 11 is 0. The van der Waals surface area contributed by atoms with Gasteiger partial charge in [0.1, 0.15) is 0 Å². The molecule has 6 nitrogen and oxygen atoms in total. The first-order valence-electron chi connectivity index (χ1n) is 7.26. The summed E-state index contributed by atoms with van der Waals surface area (Å²) in [6, 6.07) is 0. The Balaban J connectivity index is 1.81. The minimum Gasteiger partial charge on any atom is -0.481 e. The van der Waals surface area contributed by atoms with E-state index in [0.717, 1.165) is 32.5 Å². The standard InChI is InChI=1S/C13H24N2O4S/c1-20(18,19)15-6-2-3-11(10-15)9-14-7-4-12(5-8-14)13(16)17/h11-12H,2-10H2,1H3,(H,16,17). The van der Waals surface area contributed by atoms with Crippen LogP contribution in [0.2, 0.25) is 0 Å². The lowest BCUT2D eigenvalue weighted by Gasteiger charge is -2.36. The zero-order chi connectivity index (χ0) is 14.8. The highest BCUT2D eigenvalue weighted by Gasteiger charge is 2.29. The second-order valence-corrected chi connectivity index (χ2v) is 8.02. The maximum atomic E-state index is 11.6. The Kier molecular flexibility index (Phi) is 5.04. The van der Waals surface area contributed by atoms with Crippen molar-refractivity contribution in [1.29, 1.82) is 0 Å². The van der Waals surface area contributed by atoms with E-state index in [2.05, 4.69) is 4.90 Å². The van der Waals surface area contributed by atoms with Crippen LogP contribution < -0.4 is 0 Å². The fraction of sp³-hybridized carbons (Fsp3) is 0.923. The number of hydrogen-bond donors (Lipinski definition) is 1. The monoisotopic (exact) mass is 304 g/mol. The van der Waals surface area contributed by atoms with Gasteiger partial charge in [-0.05, 0) is 44.7 Å². The van der Waals surface area contributed by atoms with Crippen LogP contribution in [0.3, 0.4) is 0 Å². The summed E-state index contributed by atoms with van der Waals surface area (Å²) in [5.41, 5.74) is 0. The topological polar surface area (TPSA) is 77.9 Å². The molecule has 0 aliphatic carbocycles. The molecule has 0 saturated carbocycles. The quantitative estimate of drug-likeness (QED) is 0.816. The number of aliphatic carboxylic acids is 1. The van der Waals surface area contributed by atoms with Gasteiger partial charge in [0.25, 0.3) is 0 Å². The first-order valence-corrected chi connectivity index (χ1v) is 9.11. The van der Waals surface area contributed by atoms with Gasteiger partial charge in [0, 0.05) is 19.6 Å². The minimum atomic E-state index is -3.08. The van der Waals surface area contributed by atoms with Gasteiger partial charge in [-0.3, -0.25) is 4.79 Å². The Labute approximate surface area is 120 Å². The number of sulfonamides is 1. The van der Waals surface area contributed by atoms with Crippen LogP contribution >= 0.6 is 0 Å². The Morgan fingerprint density at radius 1 is 1.20 bits per heavy atom. The van der Waals surface area contributed by atoms with Gasteiger partial charge in [-0.25, -0.2) is 12.7 Å². The fourth-order valence-corrected chi connectivity index (χ4v) is 4.15. The molecule has 2 aliphatic heterocycles. The zero-order valence-electron chi connectivity index (χ0n) is 12.0. The molecule has 2 aliphatic rings. The van der Waals surface area contributed by atoms with Crippen molar-refractivity contribution in [2.45, 2.75) is 25.7 Å². The molecule has 2 rings (SSSR count). The Morgan fingerprint density at radius 3 is 2.40 bits per heavy atom. The third-order valence-corrected chi connectivity index (χ3v) is 5.67. The van der Waals surface area contributed by atoms with Crippen LogP contribution in [-0.4, -0.2) is 67.7 Å². The van der Waals surface area contributed by atoms with E-state index < -0.39 is 16.0 Å². The molecule has 0 bridgehead atoms. The summed E-state index contributed by atoms with van der Waals surface area (Å²) in [5.74, 6) is -0.518. The lowest BCUT2D eigenvalue weighted by Crippen LogP contribution is -2.45. The van der Waals surface area contributed by atoms with Crippen LogP contribution in [0.4, 0.5) is 0 Å². The number of likely N-dealkylation sites (tertiary alicyclic amines) is 1. The fourth-order valence-electron chi connectivity index (χ4n) is 3.20. The maximum absolute atomic E-state index is 11.6. The van der Waals surface area contributed by atoms with Crippen molar-refractivity contribution in [3.8, 4) is 0 Å². The van der Waals surface area contributed by atoms with Crippen LogP contribution in [0.15, 0.2) is 0 Å². The minimum absolute atomic E-state index is 0.204.